The summed E-state index contributed by atoms with van der Waals surface area (Å²) >= 11 is 0. The minimum atomic E-state index is -0.630. The van der Waals surface area contributed by atoms with Crippen LogP contribution >= 0.6 is 0 Å². The van der Waals surface area contributed by atoms with Crippen molar-refractivity contribution in [2.75, 3.05) is 39.3 Å². The van der Waals surface area contributed by atoms with Gasteiger partial charge in [-0.05, 0) is 49.1 Å². The van der Waals surface area contributed by atoms with Crippen molar-refractivity contribution in [2.24, 2.45) is 11.8 Å². The third-order valence-corrected chi connectivity index (χ3v) is 6.98. The number of nitrogens with zero attached hydrogens (tertiary/aromatic N) is 4. The highest BCUT2D eigenvalue weighted by Crippen LogP contribution is 2.26. The molecule has 0 aliphatic carbocycles. The van der Waals surface area contributed by atoms with Gasteiger partial charge in [0.05, 0.1) is 12.5 Å². The van der Waals surface area contributed by atoms with Crippen molar-refractivity contribution in [1.29, 1.82) is 0 Å². The van der Waals surface area contributed by atoms with Crippen LogP contribution in [0.1, 0.15) is 18.4 Å². The molecular weight excluding hydrogens is 434 g/mol. The lowest BCUT2D eigenvalue weighted by Gasteiger charge is -2.37. The Morgan fingerprint density at radius 3 is 2.47 bits per heavy atom. The number of imide groups is 1. The highest BCUT2D eigenvalue weighted by molar-refractivity contribution is 5.98. The molecule has 4 aliphatic heterocycles. The lowest BCUT2D eigenvalue weighted by molar-refractivity contribution is -0.167. The zero-order valence-electron chi connectivity index (χ0n) is 19.1. The molecule has 2 bridgehead atoms. The molecule has 0 aromatic heterocycles. The Bertz CT molecular complexity index is 986. The maximum absolute atomic E-state index is 13.1. The van der Waals surface area contributed by atoms with Crippen LogP contribution in [0.4, 0.5) is 9.59 Å². The highest BCUT2D eigenvalue weighted by Gasteiger charge is 2.45. The van der Waals surface area contributed by atoms with Crippen molar-refractivity contribution in [3.05, 3.63) is 66.5 Å². The molecule has 4 amide bonds. The number of hydrogen-bond donors (Lipinski definition) is 1. The van der Waals surface area contributed by atoms with Gasteiger partial charge in [0.1, 0.15) is 0 Å². The number of benzene rings is 1. The van der Waals surface area contributed by atoms with Gasteiger partial charge in [0.2, 0.25) is 0 Å². The average molecular weight is 465 g/mol. The summed E-state index contributed by atoms with van der Waals surface area (Å²) < 4.78 is 0. The summed E-state index contributed by atoms with van der Waals surface area (Å²) in [5.41, 5.74) is 2.26. The van der Waals surface area contributed by atoms with E-state index < -0.39 is 23.9 Å². The largest absolute Gasteiger partial charge is 0.434 e. The van der Waals surface area contributed by atoms with Crippen molar-refractivity contribution in [2.45, 2.75) is 19.3 Å². The summed E-state index contributed by atoms with van der Waals surface area (Å²) in [6.45, 7) is 4.83. The van der Waals surface area contributed by atoms with Gasteiger partial charge in [-0.3, -0.25) is 4.79 Å². The molecular formula is C25H30N5O4. The van der Waals surface area contributed by atoms with Crippen molar-refractivity contribution in [3.63, 3.8) is 0 Å². The quantitative estimate of drug-likeness (QED) is 0.736. The summed E-state index contributed by atoms with van der Waals surface area (Å²) in [5.74, 6) is -0.412. The fourth-order valence-electron chi connectivity index (χ4n) is 5.03. The Labute approximate surface area is 199 Å². The molecule has 1 radical (unpaired) electrons. The number of amides is 4. The molecule has 1 N–H and O–H groups in total. The third-order valence-electron chi connectivity index (χ3n) is 6.98. The zero-order chi connectivity index (χ0) is 23.5. The number of likely N-dealkylation sites (tertiary alicyclic amines) is 1. The Balaban J connectivity index is 1.18. The van der Waals surface area contributed by atoms with Crippen molar-refractivity contribution >= 4 is 18.0 Å². The second kappa shape index (κ2) is 9.79. The van der Waals surface area contributed by atoms with E-state index in [-0.39, 0.29) is 0 Å². The Morgan fingerprint density at radius 1 is 1.00 bits per heavy atom. The first kappa shape index (κ1) is 22.3. The molecule has 4 aliphatic rings. The molecule has 3 fully saturated rings. The Kier molecular flexibility index (Phi) is 6.42. The number of hydrogen-bond acceptors (Lipinski definition) is 6. The van der Waals surface area contributed by atoms with Crippen molar-refractivity contribution in [3.8, 4) is 0 Å². The number of hydroxylamine groups is 2. The molecule has 9 heteroatoms. The number of dihydropyridines is 1. The van der Waals surface area contributed by atoms with Gasteiger partial charge in [-0.1, -0.05) is 35.4 Å². The molecule has 1 aromatic carbocycles. The van der Waals surface area contributed by atoms with Crippen LogP contribution in [0.2, 0.25) is 0 Å². The minimum absolute atomic E-state index is 0.337. The molecule has 9 nitrogen and oxygen atoms in total. The number of carbonyl (C=O) groups is 3. The fraction of sp³-hybridized carbons (Fsp3) is 0.440. The maximum Gasteiger partial charge on any atom is 0.434 e. The standard InChI is InChI=1S/C25H30N5O4/c31-23-21-17-28(22-7-4-10-26-16-22)13-14-29(18-21)24(32)30(23)34-25(33)27-11-8-20(9-12-27)15-19-5-2-1-3-6-19/h1-7,10,16,20-21,26H,8-9,11-15,17-18H2. The summed E-state index contributed by atoms with van der Waals surface area (Å²) in [7, 11) is 0. The van der Waals surface area contributed by atoms with Crippen LogP contribution in [-0.2, 0) is 16.1 Å². The first-order valence-corrected chi connectivity index (χ1v) is 11.9. The number of nitrogens with one attached hydrogen (secondary N) is 1. The van der Waals surface area contributed by atoms with E-state index in [9.17, 15) is 14.4 Å². The topological polar surface area (TPSA) is 85.4 Å². The first-order valence-electron chi connectivity index (χ1n) is 11.9. The van der Waals surface area contributed by atoms with E-state index in [0.29, 0.717) is 50.2 Å². The molecule has 0 saturated carbocycles. The zero-order valence-corrected chi connectivity index (χ0v) is 19.1. The SMILES string of the molecule is O=C(ON1C(=O)C2CN(CCN(C3=CC=CN[CH]3)C2)C1=O)N1CCC(Cc2ccccc2)CC1. The predicted octanol–water partition coefficient (Wildman–Crippen LogP) is 2.35. The van der Waals surface area contributed by atoms with Gasteiger partial charge in [-0.25, -0.2) is 9.59 Å². The van der Waals surface area contributed by atoms with E-state index >= 15 is 0 Å². The number of urea groups is 1. The number of carbonyl (C=O) groups excluding carboxylic acids is 3. The molecule has 0 spiro atoms. The van der Waals surface area contributed by atoms with Crippen LogP contribution in [0.5, 0.6) is 0 Å². The molecule has 5 rings (SSSR count). The Morgan fingerprint density at radius 2 is 1.74 bits per heavy atom. The number of piperidine rings is 1. The molecule has 1 atom stereocenters. The van der Waals surface area contributed by atoms with Crippen LogP contribution < -0.4 is 5.32 Å². The smallest absolute Gasteiger partial charge is 0.380 e. The van der Waals surface area contributed by atoms with E-state index in [1.54, 1.807) is 9.80 Å². The van der Waals surface area contributed by atoms with Gasteiger partial charge in [-0.2, -0.15) is 0 Å². The number of rotatable bonds is 4. The van der Waals surface area contributed by atoms with Crippen LogP contribution in [0.3, 0.4) is 0 Å². The molecule has 1 aromatic rings. The summed E-state index contributed by atoms with van der Waals surface area (Å²) in [6.07, 6.45) is 7.77. The summed E-state index contributed by atoms with van der Waals surface area (Å²) in [4.78, 5) is 49.5. The maximum atomic E-state index is 13.1. The highest BCUT2D eigenvalue weighted by atomic mass is 16.7. The van der Waals surface area contributed by atoms with Crippen LogP contribution in [-0.4, -0.2) is 77.1 Å². The Hall–Kier alpha value is -3.49. The van der Waals surface area contributed by atoms with Gasteiger partial charge in [0, 0.05) is 45.0 Å². The van der Waals surface area contributed by atoms with E-state index in [1.165, 1.54) is 5.56 Å². The lowest BCUT2D eigenvalue weighted by Crippen LogP contribution is -2.58. The predicted molar refractivity (Wildman–Crippen MR) is 124 cm³/mol. The summed E-state index contributed by atoms with van der Waals surface area (Å²) in [6, 6.07) is 9.78. The van der Waals surface area contributed by atoms with Gasteiger partial charge in [0.25, 0.3) is 5.91 Å². The van der Waals surface area contributed by atoms with Gasteiger partial charge >= 0.3 is 12.1 Å². The summed E-state index contributed by atoms with van der Waals surface area (Å²) in [5, 5.41) is 3.74. The van der Waals surface area contributed by atoms with Crippen LogP contribution in [0, 0.1) is 18.4 Å². The monoisotopic (exact) mass is 464 g/mol. The van der Waals surface area contributed by atoms with Crippen molar-refractivity contribution in [1.82, 2.24) is 25.1 Å². The third kappa shape index (κ3) is 4.73. The lowest BCUT2D eigenvalue weighted by atomic mass is 9.90. The van der Waals surface area contributed by atoms with Gasteiger partial charge < -0.3 is 24.9 Å². The van der Waals surface area contributed by atoms with E-state index in [2.05, 4.69) is 22.3 Å². The van der Waals surface area contributed by atoms with E-state index in [4.69, 9.17) is 4.84 Å². The molecule has 3 saturated heterocycles. The normalized spacial score (nSPS) is 23.4. The van der Waals surface area contributed by atoms with E-state index in [0.717, 1.165) is 25.0 Å². The molecule has 1 unspecified atom stereocenters. The molecule has 179 valence electrons. The first-order chi connectivity index (χ1) is 16.6. The molecule has 34 heavy (non-hydrogen) atoms. The van der Waals surface area contributed by atoms with Crippen molar-refractivity contribution < 1.29 is 19.2 Å². The fourth-order valence-corrected chi connectivity index (χ4v) is 5.03. The van der Waals surface area contributed by atoms with E-state index in [1.807, 2.05) is 43.1 Å². The average Bonchev–Trinajstić information content (AvgIpc) is 3.09. The molecule has 4 heterocycles. The number of allylic oxidation sites excluding steroid dienone is 2. The second-order valence-electron chi connectivity index (χ2n) is 9.24. The number of fused-ring (bicyclic) bond motifs is 2. The van der Waals surface area contributed by atoms with Gasteiger partial charge in [-0.15, -0.1) is 0 Å². The van der Waals surface area contributed by atoms with Gasteiger partial charge in [0.15, 0.2) is 0 Å². The van der Waals surface area contributed by atoms with Crippen LogP contribution in [0.25, 0.3) is 0 Å². The second-order valence-corrected chi connectivity index (χ2v) is 9.24. The minimum Gasteiger partial charge on any atom is -0.380 e. The van der Waals surface area contributed by atoms with Crippen LogP contribution in [0.15, 0.2) is 54.4 Å².